The van der Waals surface area contributed by atoms with E-state index in [0.717, 1.165) is 25.0 Å². The fourth-order valence-electron chi connectivity index (χ4n) is 1.14. The lowest BCUT2D eigenvalue weighted by Gasteiger charge is -1.99. The van der Waals surface area contributed by atoms with Crippen molar-refractivity contribution in [2.24, 2.45) is 0 Å². The Hall–Kier alpha value is -1.05. The van der Waals surface area contributed by atoms with Gasteiger partial charge < -0.3 is 4.42 Å². The van der Waals surface area contributed by atoms with Crippen LogP contribution in [0.1, 0.15) is 31.3 Å². The lowest BCUT2D eigenvalue weighted by Crippen LogP contribution is -2.00. The van der Waals surface area contributed by atoms with E-state index >= 15 is 0 Å². The molecule has 0 saturated carbocycles. The van der Waals surface area contributed by atoms with Gasteiger partial charge in [0.25, 0.3) is 0 Å². The number of rotatable bonds is 3. The van der Waals surface area contributed by atoms with Crippen molar-refractivity contribution in [2.45, 2.75) is 33.1 Å². The van der Waals surface area contributed by atoms with Crippen LogP contribution in [0.5, 0.6) is 0 Å². The maximum absolute atomic E-state index is 11.0. The summed E-state index contributed by atoms with van der Waals surface area (Å²) in [7, 11) is 0. The highest BCUT2D eigenvalue weighted by atomic mass is 16.3. The van der Waals surface area contributed by atoms with Gasteiger partial charge in [0, 0.05) is 18.6 Å². The van der Waals surface area contributed by atoms with Gasteiger partial charge in [-0.05, 0) is 13.3 Å². The van der Waals surface area contributed by atoms with Gasteiger partial charge in [-0.3, -0.25) is 4.79 Å². The topological polar surface area (TPSA) is 30.2 Å². The van der Waals surface area contributed by atoms with E-state index in [-0.39, 0.29) is 5.43 Å². The minimum Gasteiger partial charge on any atom is -0.466 e. The first kappa shape index (κ1) is 9.04. The molecule has 12 heavy (non-hydrogen) atoms. The molecule has 0 aliphatic rings. The van der Waals surface area contributed by atoms with Crippen LogP contribution in [0.4, 0.5) is 0 Å². The third-order valence-corrected chi connectivity index (χ3v) is 1.72. The van der Waals surface area contributed by atoms with Crippen LogP contribution < -0.4 is 5.43 Å². The highest BCUT2D eigenvalue weighted by Crippen LogP contribution is 2.04. The van der Waals surface area contributed by atoms with Gasteiger partial charge in [0.05, 0.1) is 0 Å². The Morgan fingerprint density at radius 3 is 2.75 bits per heavy atom. The Kier molecular flexibility index (Phi) is 3.09. The zero-order chi connectivity index (χ0) is 8.97. The van der Waals surface area contributed by atoms with E-state index in [9.17, 15) is 4.79 Å². The molecule has 66 valence electrons. The number of hydrogen-bond acceptors (Lipinski definition) is 2. The Morgan fingerprint density at radius 1 is 1.42 bits per heavy atom. The quantitative estimate of drug-likeness (QED) is 0.689. The predicted octanol–water partition coefficient (Wildman–Crippen LogP) is 2.29. The standard InChI is InChI=1S/C10H14O2/c1-3-4-5-10-7-9(11)6-8(2)12-10/h6-7H,3-5H2,1-2H3. The third kappa shape index (κ3) is 2.53. The van der Waals surface area contributed by atoms with Crippen molar-refractivity contribution in [3.8, 4) is 0 Å². The van der Waals surface area contributed by atoms with Gasteiger partial charge in [0.15, 0.2) is 5.43 Å². The highest BCUT2D eigenvalue weighted by molar-refractivity contribution is 5.05. The Morgan fingerprint density at radius 2 is 2.17 bits per heavy atom. The van der Waals surface area contributed by atoms with Crippen molar-refractivity contribution in [1.82, 2.24) is 0 Å². The van der Waals surface area contributed by atoms with E-state index in [1.54, 1.807) is 13.0 Å². The van der Waals surface area contributed by atoms with Gasteiger partial charge in [-0.25, -0.2) is 0 Å². The summed E-state index contributed by atoms with van der Waals surface area (Å²) in [5, 5.41) is 0. The van der Waals surface area contributed by atoms with E-state index in [1.807, 2.05) is 0 Å². The van der Waals surface area contributed by atoms with Crippen LogP contribution in [-0.4, -0.2) is 0 Å². The molecule has 0 unspecified atom stereocenters. The summed E-state index contributed by atoms with van der Waals surface area (Å²) < 4.78 is 5.36. The maximum atomic E-state index is 11.0. The molecule has 0 aliphatic carbocycles. The first-order chi connectivity index (χ1) is 5.72. The molecule has 0 atom stereocenters. The second kappa shape index (κ2) is 4.10. The maximum Gasteiger partial charge on any atom is 0.185 e. The average Bonchev–Trinajstić information content (AvgIpc) is 1.99. The van der Waals surface area contributed by atoms with E-state index in [1.165, 1.54) is 6.07 Å². The average molecular weight is 166 g/mol. The fraction of sp³-hybridized carbons (Fsp3) is 0.500. The minimum atomic E-state index is 0.0462. The summed E-state index contributed by atoms with van der Waals surface area (Å²) in [5.41, 5.74) is 0.0462. The molecule has 0 amide bonds. The molecule has 0 N–H and O–H groups in total. The molecule has 0 fully saturated rings. The molecule has 0 aromatic carbocycles. The molecule has 0 saturated heterocycles. The molecule has 2 nitrogen and oxygen atoms in total. The second-order valence-electron chi connectivity index (χ2n) is 2.97. The first-order valence-electron chi connectivity index (χ1n) is 4.33. The molecule has 0 aliphatic heterocycles. The summed E-state index contributed by atoms with van der Waals surface area (Å²) in [6.07, 6.45) is 3.07. The van der Waals surface area contributed by atoms with Crippen LogP contribution in [-0.2, 0) is 6.42 Å². The molecule has 1 aromatic rings. The summed E-state index contributed by atoms with van der Waals surface area (Å²) in [4.78, 5) is 11.0. The fourth-order valence-corrected chi connectivity index (χ4v) is 1.14. The first-order valence-corrected chi connectivity index (χ1v) is 4.33. The van der Waals surface area contributed by atoms with E-state index in [2.05, 4.69) is 6.92 Å². The molecule has 1 rings (SSSR count). The Labute approximate surface area is 72.2 Å². The molecule has 0 radical (unpaired) electrons. The van der Waals surface area contributed by atoms with Crippen LogP contribution in [0.2, 0.25) is 0 Å². The Bertz CT molecular complexity index is 299. The normalized spacial score (nSPS) is 10.2. The van der Waals surface area contributed by atoms with Gasteiger partial charge >= 0.3 is 0 Å². The van der Waals surface area contributed by atoms with E-state index in [4.69, 9.17) is 4.42 Å². The van der Waals surface area contributed by atoms with Crippen molar-refractivity contribution in [2.75, 3.05) is 0 Å². The number of aryl methyl sites for hydroxylation is 2. The lowest BCUT2D eigenvalue weighted by molar-refractivity contribution is 0.457. The van der Waals surface area contributed by atoms with Crippen molar-refractivity contribution in [3.63, 3.8) is 0 Å². The van der Waals surface area contributed by atoms with Crippen LogP contribution in [0.15, 0.2) is 21.3 Å². The SMILES string of the molecule is CCCCc1cc(=O)cc(C)o1. The van der Waals surface area contributed by atoms with Crippen LogP contribution in [0.25, 0.3) is 0 Å². The van der Waals surface area contributed by atoms with Crippen LogP contribution >= 0.6 is 0 Å². The molecular formula is C10H14O2. The lowest BCUT2D eigenvalue weighted by atomic mass is 10.2. The predicted molar refractivity (Wildman–Crippen MR) is 48.3 cm³/mol. The van der Waals surface area contributed by atoms with Gasteiger partial charge in [-0.1, -0.05) is 13.3 Å². The summed E-state index contributed by atoms with van der Waals surface area (Å²) in [6.45, 7) is 3.92. The zero-order valence-electron chi connectivity index (χ0n) is 7.59. The van der Waals surface area contributed by atoms with Crippen LogP contribution in [0.3, 0.4) is 0 Å². The van der Waals surface area contributed by atoms with Gasteiger partial charge in [0.2, 0.25) is 0 Å². The van der Waals surface area contributed by atoms with Crippen LogP contribution in [0, 0.1) is 6.92 Å². The van der Waals surface area contributed by atoms with E-state index in [0.29, 0.717) is 5.76 Å². The van der Waals surface area contributed by atoms with Gasteiger partial charge in [-0.2, -0.15) is 0 Å². The van der Waals surface area contributed by atoms with E-state index < -0.39 is 0 Å². The van der Waals surface area contributed by atoms with Gasteiger partial charge in [0.1, 0.15) is 11.5 Å². The highest BCUT2D eigenvalue weighted by Gasteiger charge is 1.97. The minimum absolute atomic E-state index is 0.0462. The van der Waals surface area contributed by atoms with Crippen molar-refractivity contribution >= 4 is 0 Å². The molecule has 0 bridgehead atoms. The van der Waals surface area contributed by atoms with Crippen molar-refractivity contribution < 1.29 is 4.42 Å². The summed E-state index contributed by atoms with van der Waals surface area (Å²) in [6, 6.07) is 3.08. The smallest absolute Gasteiger partial charge is 0.185 e. The molecule has 1 heterocycles. The Balaban J connectivity index is 2.79. The summed E-state index contributed by atoms with van der Waals surface area (Å²) in [5.74, 6) is 1.51. The molecule has 0 spiro atoms. The second-order valence-corrected chi connectivity index (χ2v) is 2.97. The zero-order valence-corrected chi connectivity index (χ0v) is 7.59. The number of hydrogen-bond donors (Lipinski definition) is 0. The monoisotopic (exact) mass is 166 g/mol. The molecule has 1 aromatic heterocycles. The molecule has 2 heteroatoms. The third-order valence-electron chi connectivity index (χ3n) is 1.72. The summed E-state index contributed by atoms with van der Waals surface area (Å²) >= 11 is 0. The van der Waals surface area contributed by atoms with Crippen molar-refractivity contribution in [1.29, 1.82) is 0 Å². The van der Waals surface area contributed by atoms with Gasteiger partial charge in [-0.15, -0.1) is 0 Å². The van der Waals surface area contributed by atoms with Crippen molar-refractivity contribution in [3.05, 3.63) is 33.9 Å². The largest absolute Gasteiger partial charge is 0.466 e. The number of unbranched alkanes of at least 4 members (excludes halogenated alkanes) is 1. The molecular weight excluding hydrogens is 152 g/mol.